The number of aromatic nitrogens is 2. The van der Waals surface area contributed by atoms with E-state index in [1.807, 2.05) is 49.1 Å². The zero-order valence-electron chi connectivity index (χ0n) is 19.6. The minimum absolute atomic E-state index is 0. The van der Waals surface area contributed by atoms with Crippen molar-refractivity contribution in [3.05, 3.63) is 48.0 Å². The first-order valence-corrected chi connectivity index (χ1v) is 10.8. The Kier molecular flexibility index (Phi) is 9.54. The lowest BCUT2D eigenvalue weighted by Gasteiger charge is -2.25. The van der Waals surface area contributed by atoms with Gasteiger partial charge in [-0.2, -0.15) is 4.98 Å². The molecule has 0 aliphatic rings. The Morgan fingerprint density at radius 2 is 1.64 bits per heavy atom. The van der Waals surface area contributed by atoms with Gasteiger partial charge in [-0.05, 0) is 38.5 Å². The smallest absolute Gasteiger partial charge is 0.253 e. The molecule has 0 unspecified atom stereocenters. The van der Waals surface area contributed by atoms with Gasteiger partial charge in [-0.15, -0.1) is 12.4 Å². The van der Waals surface area contributed by atoms with Gasteiger partial charge in [-0.3, -0.25) is 4.79 Å². The van der Waals surface area contributed by atoms with E-state index >= 15 is 0 Å². The Morgan fingerprint density at radius 3 is 2.24 bits per heavy atom. The number of amides is 1. The summed E-state index contributed by atoms with van der Waals surface area (Å²) < 4.78 is 10.8. The van der Waals surface area contributed by atoms with Gasteiger partial charge in [0.2, 0.25) is 5.95 Å². The van der Waals surface area contributed by atoms with E-state index in [9.17, 15) is 4.79 Å². The fraction of sp³-hybridized carbons (Fsp3) is 0.375. The van der Waals surface area contributed by atoms with Crippen molar-refractivity contribution in [1.29, 1.82) is 0 Å². The second-order valence-corrected chi connectivity index (χ2v) is 7.32. The number of ether oxygens (including phenoxy) is 2. The molecule has 0 aliphatic carbocycles. The van der Waals surface area contributed by atoms with Crippen LogP contribution >= 0.6 is 12.4 Å². The van der Waals surface area contributed by atoms with Crippen molar-refractivity contribution in [2.45, 2.75) is 20.3 Å². The number of rotatable bonds is 10. The van der Waals surface area contributed by atoms with Gasteiger partial charge in [0.15, 0.2) is 11.5 Å². The van der Waals surface area contributed by atoms with Crippen molar-refractivity contribution >= 4 is 41.0 Å². The lowest BCUT2D eigenvalue weighted by atomic mass is 10.2. The van der Waals surface area contributed by atoms with Crippen LogP contribution in [0.15, 0.2) is 42.5 Å². The molecule has 0 saturated carbocycles. The average molecular weight is 474 g/mol. The standard InChI is InChI=1S/C24H31N5O3.ClH/c1-5-28(23(30)17-11-8-7-9-12-17)13-10-14-29(6-2)24-26-19-16-21(32-4)20(31-3)15-18(19)22(25)27-24;/h7-9,11-12,15-16H,5-6,10,13-14H2,1-4H3,(H2,25,26,27);1H. The first-order chi connectivity index (χ1) is 15.5. The number of nitrogen functional groups attached to an aromatic ring is 1. The molecule has 0 aliphatic heterocycles. The number of carbonyl (C=O) groups is 1. The monoisotopic (exact) mass is 473 g/mol. The van der Waals surface area contributed by atoms with Crippen LogP contribution in [0.5, 0.6) is 11.5 Å². The summed E-state index contributed by atoms with van der Waals surface area (Å²) in [6.45, 7) is 6.76. The van der Waals surface area contributed by atoms with Gasteiger partial charge in [0.1, 0.15) is 5.82 Å². The Bertz CT molecular complexity index is 1060. The Morgan fingerprint density at radius 1 is 0.970 bits per heavy atom. The van der Waals surface area contributed by atoms with Crippen LogP contribution in [0.4, 0.5) is 11.8 Å². The topological polar surface area (TPSA) is 93.8 Å². The molecule has 1 heterocycles. The molecule has 3 aromatic rings. The minimum Gasteiger partial charge on any atom is -0.493 e. The van der Waals surface area contributed by atoms with Crippen LogP contribution in [-0.4, -0.2) is 61.2 Å². The van der Waals surface area contributed by atoms with Crippen molar-refractivity contribution in [2.24, 2.45) is 0 Å². The fourth-order valence-electron chi connectivity index (χ4n) is 3.63. The van der Waals surface area contributed by atoms with Gasteiger partial charge >= 0.3 is 0 Å². The van der Waals surface area contributed by atoms with Crippen molar-refractivity contribution in [2.75, 3.05) is 51.0 Å². The Balaban J connectivity index is 0.00000385. The summed E-state index contributed by atoms with van der Waals surface area (Å²) in [4.78, 5) is 25.9. The van der Waals surface area contributed by atoms with E-state index in [0.29, 0.717) is 59.4 Å². The van der Waals surface area contributed by atoms with E-state index < -0.39 is 0 Å². The number of hydrogen-bond donors (Lipinski definition) is 1. The predicted octanol–water partition coefficient (Wildman–Crippen LogP) is 4.03. The molecule has 0 radical (unpaired) electrons. The number of methoxy groups -OCH3 is 2. The third-order valence-electron chi connectivity index (χ3n) is 5.43. The van der Waals surface area contributed by atoms with Gasteiger partial charge in [0, 0.05) is 43.2 Å². The van der Waals surface area contributed by atoms with E-state index in [2.05, 4.69) is 9.88 Å². The van der Waals surface area contributed by atoms with E-state index in [0.717, 1.165) is 13.0 Å². The van der Waals surface area contributed by atoms with E-state index in [-0.39, 0.29) is 18.3 Å². The third-order valence-corrected chi connectivity index (χ3v) is 5.43. The normalized spacial score (nSPS) is 10.4. The summed E-state index contributed by atoms with van der Waals surface area (Å²) in [6, 6.07) is 13.0. The lowest BCUT2D eigenvalue weighted by Crippen LogP contribution is -2.34. The summed E-state index contributed by atoms with van der Waals surface area (Å²) in [5.41, 5.74) is 7.64. The van der Waals surface area contributed by atoms with Gasteiger partial charge < -0.3 is 25.0 Å². The molecule has 0 fully saturated rings. The van der Waals surface area contributed by atoms with E-state index in [1.54, 1.807) is 26.4 Å². The maximum atomic E-state index is 12.7. The largest absolute Gasteiger partial charge is 0.493 e. The number of benzene rings is 2. The molecule has 0 spiro atoms. The number of halogens is 1. The van der Waals surface area contributed by atoms with Crippen LogP contribution in [0.2, 0.25) is 0 Å². The van der Waals surface area contributed by atoms with Gasteiger partial charge in [-0.25, -0.2) is 4.98 Å². The molecule has 1 amide bonds. The van der Waals surface area contributed by atoms with E-state index in [1.165, 1.54) is 0 Å². The summed E-state index contributed by atoms with van der Waals surface area (Å²) in [5, 5.41) is 0.716. The van der Waals surface area contributed by atoms with Gasteiger partial charge in [0.25, 0.3) is 5.91 Å². The lowest BCUT2D eigenvalue weighted by molar-refractivity contribution is 0.0763. The van der Waals surface area contributed by atoms with Crippen molar-refractivity contribution in [3.8, 4) is 11.5 Å². The molecule has 178 valence electrons. The minimum atomic E-state index is 0. The number of nitrogens with zero attached hydrogens (tertiary/aromatic N) is 4. The Hall–Kier alpha value is -3.26. The van der Waals surface area contributed by atoms with Crippen LogP contribution in [0.3, 0.4) is 0 Å². The quantitative estimate of drug-likeness (QED) is 0.475. The second-order valence-electron chi connectivity index (χ2n) is 7.32. The molecule has 2 N–H and O–H groups in total. The molecule has 9 heteroatoms. The molecule has 0 saturated heterocycles. The van der Waals surface area contributed by atoms with Crippen LogP contribution in [0.25, 0.3) is 10.9 Å². The van der Waals surface area contributed by atoms with Crippen molar-refractivity contribution in [3.63, 3.8) is 0 Å². The summed E-state index contributed by atoms with van der Waals surface area (Å²) in [5.74, 6) is 2.16. The number of hydrogen-bond acceptors (Lipinski definition) is 7. The zero-order chi connectivity index (χ0) is 23.1. The molecule has 0 atom stereocenters. The van der Waals surface area contributed by atoms with Crippen LogP contribution < -0.4 is 20.1 Å². The Labute approximate surface area is 201 Å². The average Bonchev–Trinajstić information content (AvgIpc) is 2.83. The highest BCUT2D eigenvalue weighted by atomic mass is 35.5. The van der Waals surface area contributed by atoms with Crippen LogP contribution in [-0.2, 0) is 0 Å². The molecular weight excluding hydrogens is 442 g/mol. The maximum Gasteiger partial charge on any atom is 0.253 e. The van der Waals surface area contributed by atoms with Crippen LogP contribution in [0.1, 0.15) is 30.6 Å². The SMILES string of the molecule is CCN(CCCN(CC)c1nc(N)c2cc(OC)c(OC)cc2n1)C(=O)c1ccccc1.Cl. The predicted molar refractivity (Wildman–Crippen MR) is 135 cm³/mol. The molecule has 33 heavy (non-hydrogen) atoms. The number of carbonyl (C=O) groups excluding carboxylic acids is 1. The fourth-order valence-corrected chi connectivity index (χ4v) is 3.63. The number of nitrogens with two attached hydrogens (primary N) is 1. The highest BCUT2D eigenvalue weighted by molar-refractivity contribution is 5.94. The zero-order valence-corrected chi connectivity index (χ0v) is 20.4. The highest BCUT2D eigenvalue weighted by Gasteiger charge is 2.17. The van der Waals surface area contributed by atoms with Crippen molar-refractivity contribution in [1.82, 2.24) is 14.9 Å². The van der Waals surface area contributed by atoms with Gasteiger partial charge in [0.05, 0.1) is 19.7 Å². The molecule has 0 bridgehead atoms. The number of fused-ring (bicyclic) bond motifs is 1. The van der Waals surface area contributed by atoms with Gasteiger partial charge in [-0.1, -0.05) is 18.2 Å². The second kappa shape index (κ2) is 12.1. The molecular formula is C24H32ClN5O3. The molecule has 8 nitrogen and oxygen atoms in total. The first kappa shape index (κ1) is 26.0. The maximum absolute atomic E-state index is 12.7. The first-order valence-electron chi connectivity index (χ1n) is 10.8. The highest BCUT2D eigenvalue weighted by Crippen LogP contribution is 2.34. The molecule has 3 rings (SSSR count). The summed E-state index contributed by atoms with van der Waals surface area (Å²) >= 11 is 0. The third kappa shape index (κ3) is 5.96. The number of anilines is 2. The van der Waals surface area contributed by atoms with Crippen LogP contribution in [0, 0.1) is 0 Å². The summed E-state index contributed by atoms with van der Waals surface area (Å²) in [7, 11) is 3.17. The van der Waals surface area contributed by atoms with E-state index in [4.69, 9.17) is 20.2 Å². The molecule has 2 aromatic carbocycles. The summed E-state index contributed by atoms with van der Waals surface area (Å²) in [6.07, 6.45) is 0.785. The molecule has 1 aromatic heterocycles. The van der Waals surface area contributed by atoms with Crippen molar-refractivity contribution < 1.29 is 14.3 Å².